The highest BCUT2D eigenvalue weighted by molar-refractivity contribution is 5.06. The molecule has 2 N–H and O–H groups in total. The first-order valence-corrected chi connectivity index (χ1v) is 5.92. The van der Waals surface area contributed by atoms with Gasteiger partial charge in [-0.25, -0.2) is 4.98 Å². The minimum absolute atomic E-state index is 0.0210. The number of aliphatic hydroxyl groups is 1. The third-order valence-electron chi connectivity index (χ3n) is 2.56. The lowest BCUT2D eigenvalue weighted by Gasteiger charge is -2.21. The van der Waals surface area contributed by atoms with Gasteiger partial charge in [0.1, 0.15) is 0 Å². The van der Waals surface area contributed by atoms with Crippen LogP contribution >= 0.6 is 0 Å². The van der Waals surface area contributed by atoms with Gasteiger partial charge < -0.3 is 15.0 Å². The van der Waals surface area contributed by atoms with Gasteiger partial charge in [0.15, 0.2) is 0 Å². The SMILES string of the molecule is CC(C)CNC(CO)c1cncn1C(C)C. The molecule has 1 aromatic heterocycles. The second kappa shape index (κ2) is 6.01. The van der Waals surface area contributed by atoms with Crippen LogP contribution in [0.5, 0.6) is 0 Å². The van der Waals surface area contributed by atoms with Crippen molar-refractivity contribution in [2.75, 3.05) is 13.2 Å². The molecule has 0 aromatic carbocycles. The van der Waals surface area contributed by atoms with E-state index in [0.29, 0.717) is 12.0 Å². The number of nitrogens with one attached hydrogen (secondary N) is 1. The summed E-state index contributed by atoms with van der Waals surface area (Å²) in [6, 6.07) is 0.347. The van der Waals surface area contributed by atoms with Gasteiger partial charge in [0.05, 0.1) is 24.7 Å². The molecule has 0 radical (unpaired) electrons. The van der Waals surface area contributed by atoms with Gasteiger partial charge in [0.2, 0.25) is 0 Å². The Balaban J connectivity index is 2.74. The summed E-state index contributed by atoms with van der Waals surface area (Å²) in [5.41, 5.74) is 1.05. The predicted octanol–water partition coefficient (Wildman–Crippen LogP) is 1.74. The fourth-order valence-corrected chi connectivity index (χ4v) is 1.66. The van der Waals surface area contributed by atoms with E-state index in [1.54, 1.807) is 0 Å². The van der Waals surface area contributed by atoms with E-state index >= 15 is 0 Å². The summed E-state index contributed by atoms with van der Waals surface area (Å²) in [5.74, 6) is 0.574. The molecule has 0 spiro atoms. The van der Waals surface area contributed by atoms with E-state index in [1.807, 2.05) is 12.5 Å². The van der Waals surface area contributed by atoms with Gasteiger partial charge in [-0.05, 0) is 26.3 Å². The van der Waals surface area contributed by atoms with Crippen LogP contribution in [0, 0.1) is 5.92 Å². The van der Waals surface area contributed by atoms with Crippen molar-refractivity contribution >= 4 is 0 Å². The number of aromatic nitrogens is 2. The monoisotopic (exact) mass is 225 g/mol. The Bertz CT molecular complexity index is 307. The molecule has 4 heteroatoms. The van der Waals surface area contributed by atoms with E-state index in [9.17, 15) is 5.11 Å². The molecular formula is C12H23N3O. The van der Waals surface area contributed by atoms with Crippen LogP contribution in [0.15, 0.2) is 12.5 Å². The van der Waals surface area contributed by atoms with Crippen molar-refractivity contribution in [3.63, 3.8) is 0 Å². The van der Waals surface area contributed by atoms with Gasteiger partial charge in [0, 0.05) is 12.2 Å². The van der Waals surface area contributed by atoms with Crippen LogP contribution in [0.2, 0.25) is 0 Å². The standard InChI is InChI=1S/C12H23N3O/c1-9(2)5-14-11(7-16)12-6-13-8-15(12)10(3)4/h6,8-11,14,16H,5,7H2,1-4H3. The van der Waals surface area contributed by atoms with Gasteiger partial charge in [0.25, 0.3) is 0 Å². The van der Waals surface area contributed by atoms with Crippen LogP contribution in [0.3, 0.4) is 0 Å². The highest BCUT2D eigenvalue weighted by Gasteiger charge is 2.16. The van der Waals surface area contributed by atoms with Crippen LogP contribution in [0.1, 0.15) is 45.5 Å². The Hall–Kier alpha value is -0.870. The first-order chi connectivity index (χ1) is 7.56. The molecule has 0 fully saturated rings. The zero-order valence-electron chi connectivity index (χ0n) is 10.6. The molecule has 1 aromatic rings. The minimum Gasteiger partial charge on any atom is -0.394 e. The van der Waals surface area contributed by atoms with Crippen molar-refractivity contribution in [2.45, 2.75) is 39.8 Å². The summed E-state index contributed by atoms with van der Waals surface area (Å²) in [6.45, 7) is 9.53. The van der Waals surface area contributed by atoms with E-state index in [-0.39, 0.29) is 12.6 Å². The molecule has 1 rings (SSSR count). The molecule has 0 aliphatic rings. The molecule has 0 saturated heterocycles. The molecule has 1 heterocycles. The van der Waals surface area contributed by atoms with Crippen LogP contribution in [0.4, 0.5) is 0 Å². The lowest BCUT2D eigenvalue weighted by Crippen LogP contribution is -2.29. The summed E-state index contributed by atoms with van der Waals surface area (Å²) in [4.78, 5) is 4.15. The number of nitrogens with zero attached hydrogens (tertiary/aromatic N) is 2. The summed E-state index contributed by atoms with van der Waals surface area (Å²) < 4.78 is 2.09. The zero-order valence-corrected chi connectivity index (χ0v) is 10.6. The summed E-state index contributed by atoms with van der Waals surface area (Å²) in [5, 5.41) is 12.8. The maximum absolute atomic E-state index is 9.41. The van der Waals surface area contributed by atoms with Gasteiger partial charge in [-0.1, -0.05) is 13.8 Å². The molecular weight excluding hydrogens is 202 g/mol. The third-order valence-corrected chi connectivity index (χ3v) is 2.56. The van der Waals surface area contributed by atoms with E-state index < -0.39 is 0 Å². The lowest BCUT2D eigenvalue weighted by atomic mass is 10.1. The molecule has 0 amide bonds. The van der Waals surface area contributed by atoms with Crippen molar-refractivity contribution in [3.8, 4) is 0 Å². The Kier molecular flexibility index (Phi) is 4.96. The second-order valence-electron chi connectivity index (χ2n) is 4.86. The van der Waals surface area contributed by atoms with Crippen LogP contribution in [-0.4, -0.2) is 27.8 Å². The fourth-order valence-electron chi connectivity index (χ4n) is 1.66. The molecule has 1 unspecified atom stereocenters. The van der Waals surface area contributed by atoms with Crippen LogP contribution < -0.4 is 5.32 Å². The van der Waals surface area contributed by atoms with Crippen molar-refractivity contribution in [1.29, 1.82) is 0 Å². The van der Waals surface area contributed by atoms with Crippen molar-refractivity contribution in [2.24, 2.45) is 5.92 Å². The van der Waals surface area contributed by atoms with Crippen LogP contribution in [-0.2, 0) is 0 Å². The molecule has 0 bridgehead atoms. The van der Waals surface area contributed by atoms with Gasteiger partial charge >= 0.3 is 0 Å². The normalized spacial score (nSPS) is 13.7. The highest BCUT2D eigenvalue weighted by Crippen LogP contribution is 2.16. The first-order valence-electron chi connectivity index (χ1n) is 5.92. The molecule has 92 valence electrons. The quantitative estimate of drug-likeness (QED) is 0.775. The van der Waals surface area contributed by atoms with E-state index in [4.69, 9.17) is 0 Å². The molecule has 0 aliphatic heterocycles. The van der Waals surface area contributed by atoms with Crippen molar-refractivity contribution < 1.29 is 5.11 Å². The average molecular weight is 225 g/mol. The van der Waals surface area contributed by atoms with Crippen molar-refractivity contribution in [3.05, 3.63) is 18.2 Å². The summed E-state index contributed by atoms with van der Waals surface area (Å²) in [7, 11) is 0. The topological polar surface area (TPSA) is 50.1 Å². The second-order valence-corrected chi connectivity index (χ2v) is 4.86. The zero-order chi connectivity index (χ0) is 12.1. The molecule has 1 atom stereocenters. The number of imidazole rings is 1. The average Bonchev–Trinajstić information content (AvgIpc) is 2.67. The van der Waals surface area contributed by atoms with E-state index in [2.05, 4.69) is 42.6 Å². The maximum Gasteiger partial charge on any atom is 0.0951 e. The lowest BCUT2D eigenvalue weighted by molar-refractivity contribution is 0.234. The molecule has 0 aliphatic carbocycles. The number of aliphatic hydroxyl groups excluding tert-OH is 1. The van der Waals surface area contributed by atoms with Gasteiger partial charge in [-0.2, -0.15) is 0 Å². The summed E-state index contributed by atoms with van der Waals surface area (Å²) in [6.07, 6.45) is 3.65. The largest absolute Gasteiger partial charge is 0.394 e. The summed E-state index contributed by atoms with van der Waals surface area (Å²) >= 11 is 0. The minimum atomic E-state index is -0.0210. The Labute approximate surface area is 97.7 Å². The van der Waals surface area contributed by atoms with Crippen LogP contribution in [0.25, 0.3) is 0 Å². The Morgan fingerprint density at radius 3 is 2.56 bits per heavy atom. The van der Waals surface area contributed by atoms with Crippen molar-refractivity contribution in [1.82, 2.24) is 14.9 Å². The highest BCUT2D eigenvalue weighted by atomic mass is 16.3. The molecule has 0 saturated carbocycles. The Morgan fingerprint density at radius 2 is 2.06 bits per heavy atom. The number of hydrogen-bond donors (Lipinski definition) is 2. The smallest absolute Gasteiger partial charge is 0.0951 e. The molecule has 4 nitrogen and oxygen atoms in total. The maximum atomic E-state index is 9.41. The van der Waals surface area contributed by atoms with E-state index in [1.165, 1.54) is 0 Å². The van der Waals surface area contributed by atoms with Gasteiger partial charge in [-0.3, -0.25) is 0 Å². The first kappa shape index (κ1) is 13.2. The number of hydrogen-bond acceptors (Lipinski definition) is 3. The Morgan fingerprint density at radius 1 is 1.38 bits per heavy atom. The molecule has 16 heavy (non-hydrogen) atoms. The van der Waals surface area contributed by atoms with E-state index in [0.717, 1.165) is 12.2 Å². The third kappa shape index (κ3) is 3.32. The fraction of sp³-hybridized carbons (Fsp3) is 0.750. The predicted molar refractivity (Wildman–Crippen MR) is 65.3 cm³/mol. The van der Waals surface area contributed by atoms with Gasteiger partial charge in [-0.15, -0.1) is 0 Å². The number of rotatable bonds is 6.